The van der Waals surface area contributed by atoms with Gasteiger partial charge in [-0.05, 0) is 29.2 Å². The quantitative estimate of drug-likeness (QED) is 0.656. The maximum absolute atomic E-state index is 12.4. The predicted octanol–water partition coefficient (Wildman–Crippen LogP) is 4.11. The molecule has 2 aromatic carbocycles. The van der Waals surface area contributed by atoms with E-state index >= 15 is 0 Å². The Balaban J connectivity index is 2.14. The third-order valence-electron chi connectivity index (χ3n) is 3.68. The maximum Gasteiger partial charge on any atom is 0.187 e. The first-order valence-corrected chi connectivity index (χ1v) is 6.54. The lowest BCUT2D eigenvalue weighted by atomic mass is 9.88. The molecule has 0 spiro atoms. The number of benzene rings is 2. The molecular weight excluding hydrogens is 246 g/mol. The van der Waals surface area contributed by atoms with Crippen molar-refractivity contribution in [2.45, 2.75) is 0 Å². The van der Waals surface area contributed by atoms with Gasteiger partial charge in [0, 0.05) is 22.7 Å². The number of ketones is 1. The van der Waals surface area contributed by atoms with Crippen LogP contribution in [0.15, 0.2) is 60.8 Å². The van der Waals surface area contributed by atoms with Crippen molar-refractivity contribution < 1.29 is 4.79 Å². The second-order valence-electron chi connectivity index (χ2n) is 4.85. The Kier molecular flexibility index (Phi) is 2.30. The summed E-state index contributed by atoms with van der Waals surface area (Å²) in [7, 11) is 0. The molecule has 0 radical (unpaired) electrons. The Morgan fingerprint density at radius 1 is 0.850 bits per heavy atom. The Morgan fingerprint density at radius 3 is 2.65 bits per heavy atom. The third kappa shape index (κ3) is 1.51. The Labute approximate surface area is 116 Å². The van der Waals surface area contributed by atoms with Crippen LogP contribution >= 0.6 is 0 Å². The van der Waals surface area contributed by atoms with Gasteiger partial charge < -0.3 is 0 Å². The van der Waals surface area contributed by atoms with Gasteiger partial charge in [-0.2, -0.15) is 0 Å². The highest BCUT2D eigenvalue weighted by Gasteiger charge is 2.19. The lowest BCUT2D eigenvalue weighted by molar-refractivity contribution is 0.104. The molecule has 0 bridgehead atoms. The van der Waals surface area contributed by atoms with Crippen molar-refractivity contribution in [2.24, 2.45) is 0 Å². The second kappa shape index (κ2) is 4.14. The van der Waals surface area contributed by atoms with Gasteiger partial charge in [-0.15, -0.1) is 0 Å². The number of pyridine rings is 1. The van der Waals surface area contributed by atoms with Crippen LogP contribution in [0.2, 0.25) is 0 Å². The Morgan fingerprint density at radius 2 is 1.80 bits per heavy atom. The van der Waals surface area contributed by atoms with E-state index in [0.29, 0.717) is 0 Å². The number of hydrogen-bond acceptors (Lipinski definition) is 2. The van der Waals surface area contributed by atoms with Crippen LogP contribution in [0.3, 0.4) is 0 Å². The summed E-state index contributed by atoms with van der Waals surface area (Å²) in [6, 6.07) is 15.9. The molecule has 1 aliphatic carbocycles. The van der Waals surface area contributed by atoms with Gasteiger partial charge in [-0.25, -0.2) is 0 Å². The molecule has 1 aromatic heterocycles. The van der Waals surface area contributed by atoms with Crippen LogP contribution < -0.4 is 0 Å². The molecule has 0 fully saturated rings. The minimum atomic E-state index is 0.0509. The van der Waals surface area contributed by atoms with E-state index < -0.39 is 0 Å². The van der Waals surface area contributed by atoms with Gasteiger partial charge in [0.2, 0.25) is 0 Å². The fourth-order valence-corrected chi connectivity index (χ4v) is 2.79. The fourth-order valence-electron chi connectivity index (χ4n) is 2.79. The minimum Gasteiger partial charge on any atom is -0.289 e. The summed E-state index contributed by atoms with van der Waals surface area (Å²) in [5, 5.41) is 2.12. The van der Waals surface area contributed by atoms with Crippen molar-refractivity contribution in [3.63, 3.8) is 0 Å². The summed E-state index contributed by atoms with van der Waals surface area (Å²) in [6.45, 7) is 0. The molecule has 1 aliphatic rings. The molecule has 94 valence electrons. The lowest BCUT2D eigenvalue weighted by Gasteiger charge is -2.15. The molecule has 0 saturated carbocycles. The zero-order valence-corrected chi connectivity index (χ0v) is 10.7. The summed E-state index contributed by atoms with van der Waals surface area (Å²) < 4.78 is 0. The first-order chi connectivity index (χ1) is 9.84. The van der Waals surface area contributed by atoms with Crippen LogP contribution in [0.5, 0.6) is 0 Å². The van der Waals surface area contributed by atoms with Crippen LogP contribution in [0.4, 0.5) is 0 Å². The first-order valence-electron chi connectivity index (χ1n) is 6.54. The molecule has 0 aliphatic heterocycles. The largest absolute Gasteiger partial charge is 0.289 e. The summed E-state index contributed by atoms with van der Waals surface area (Å²) in [4.78, 5) is 16.7. The van der Waals surface area contributed by atoms with E-state index in [1.54, 1.807) is 12.3 Å². The zero-order valence-electron chi connectivity index (χ0n) is 10.7. The highest BCUT2D eigenvalue weighted by Crippen LogP contribution is 2.34. The minimum absolute atomic E-state index is 0.0509. The van der Waals surface area contributed by atoms with E-state index in [1.807, 2.05) is 48.5 Å². The van der Waals surface area contributed by atoms with E-state index in [2.05, 4.69) is 11.1 Å². The molecule has 0 N–H and O–H groups in total. The molecule has 3 aromatic rings. The lowest BCUT2D eigenvalue weighted by Crippen LogP contribution is -2.04. The number of allylic oxidation sites excluding steroid dienone is 1. The normalized spacial score (nSPS) is 12.9. The molecule has 1 heterocycles. The van der Waals surface area contributed by atoms with Crippen molar-refractivity contribution in [3.05, 3.63) is 71.9 Å². The maximum atomic E-state index is 12.4. The topological polar surface area (TPSA) is 30.0 Å². The van der Waals surface area contributed by atoms with E-state index in [9.17, 15) is 4.79 Å². The van der Waals surface area contributed by atoms with Crippen molar-refractivity contribution in [1.29, 1.82) is 0 Å². The van der Waals surface area contributed by atoms with E-state index in [4.69, 9.17) is 0 Å². The monoisotopic (exact) mass is 257 g/mol. The number of carbonyl (C=O) groups excluding carboxylic acids is 1. The number of carbonyl (C=O) groups is 1. The van der Waals surface area contributed by atoms with Crippen LogP contribution in [0.1, 0.15) is 15.9 Å². The van der Waals surface area contributed by atoms with Gasteiger partial charge in [0.25, 0.3) is 0 Å². The fraction of sp³-hybridized carbons (Fsp3) is 0. The highest BCUT2D eigenvalue weighted by atomic mass is 16.1. The molecule has 2 heteroatoms. The van der Waals surface area contributed by atoms with Gasteiger partial charge in [-0.1, -0.05) is 42.5 Å². The molecule has 0 saturated heterocycles. The number of aromatic nitrogens is 1. The Bertz CT molecular complexity index is 863. The molecule has 0 amide bonds. The summed E-state index contributed by atoms with van der Waals surface area (Å²) in [5.74, 6) is 0.0509. The van der Waals surface area contributed by atoms with Crippen LogP contribution in [-0.4, -0.2) is 10.8 Å². The first kappa shape index (κ1) is 11.1. The molecule has 4 rings (SSSR count). The molecule has 0 atom stereocenters. The second-order valence-corrected chi connectivity index (χ2v) is 4.85. The molecular formula is C18H11NO. The summed E-state index contributed by atoms with van der Waals surface area (Å²) >= 11 is 0. The summed E-state index contributed by atoms with van der Waals surface area (Å²) in [6.07, 6.45) is 5.28. The van der Waals surface area contributed by atoms with Gasteiger partial charge in [-0.3, -0.25) is 9.78 Å². The van der Waals surface area contributed by atoms with E-state index in [1.165, 1.54) is 0 Å². The predicted molar refractivity (Wildman–Crippen MR) is 80.5 cm³/mol. The van der Waals surface area contributed by atoms with Crippen molar-refractivity contribution in [3.8, 4) is 11.3 Å². The number of hydrogen-bond donors (Lipinski definition) is 0. The van der Waals surface area contributed by atoms with E-state index in [0.717, 1.165) is 33.2 Å². The van der Waals surface area contributed by atoms with E-state index in [-0.39, 0.29) is 5.78 Å². The van der Waals surface area contributed by atoms with Crippen molar-refractivity contribution in [2.75, 3.05) is 0 Å². The Hall–Kier alpha value is -2.74. The third-order valence-corrected chi connectivity index (χ3v) is 3.68. The van der Waals surface area contributed by atoms with Gasteiger partial charge in [0.1, 0.15) is 0 Å². The average molecular weight is 257 g/mol. The smallest absolute Gasteiger partial charge is 0.187 e. The number of rotatable bonds is 1. The van der Waals surface area contributed by atoms with Crippen LogP contribution in [0, 0.1) is 0 Å². The van der Waals surface area contributed by atoms with Gasteiger partial charge in [0.05, 0.1) is 5.69 Å². The van der Waals surface area contributed by atoms with Crippen LogP contribution in [0.25, 0.3) is 28.1 Å². The summed E-state index contributed by atoms with van der Waals surface area (Å²) in [5.41, 5.74) is 3.59. The SMILES string of the molecule is O=C1C=Cc2cccc3ccc(-c4ccccn4)c1c23. The van der Waals surface area contributed by atoms with Crippen molar-refractivity contribution >= 4 is 22.6 Å². The van der Waals surface area contributed by atoms with Gasteiger partial charge >= 0.3 is 0 Å². The molecule has 0 unspecified atom stereocenters. The van der Waals surface area contributed by atoms with Gasteiger partial charge in [0.15, 0.2) is 5.78 Å². The van der Waals surface area contributed by atoms with Crippen molar-refractivity contribution in [1.82, 2.24) is 4.98 Å². The molecule has 2 nitrogen and oxygen atoms in total. The average Bonchev–Trinajstić information content (AvgIpc) is 2.52. The number of nitrogens with zero attached hydrogens (tertiary/aromatic N) is 1. The highest BCUT2D eigenvalue weighted by molar-refractivity contribution is 6.23. The molecule has 20 heavy (non-hydrogen) atoms. The standard InChI is InChI=1S/C18H11NO/c20-16-10-8-13-5-3-4-12-7-9-14(18(16)17(12)13)15-6-1-2-11-19-15/h1-11H. The zero-order chi connectivity index (χ0) is 13.5. The van der Waals surface area contributed by atoms with Crippen LogP contribution in [-0.2, 0) is 0 Å².